The molecule has 2 aromatic carbocycles. The van der Waals surface area contributed by atoms with E-state index in [1.165, 1.54) is 16.7 Å². The summed E-state index contributed by atoms with van der Waals surface area (Å²) in [7, 11) is 0. The summed E-state index contributed by atoms with van der Waals surface area (Å²) in [4.78, 5) is 4.45. The number of benzene rings is 2. The molecule has 2 rings (SSSR count). The topological polar surface area (TPSA) is 12.4 Å². The molecule has 0 saturated carbocycles. The normalized spacial score (nSPS) is 11.4. The number of allylic oxidation sites excluding steroid dienone is 1. The predicted octanol–water partition coefficient (Wildman–Crippen LogP) is 4.72. The second-order valence-electron chi connectivity index (χ2n) is 4.34. The molecule has 0 unspecified atom stereocenters. The van der Waals surface area contributed by atoms with Crippen LogP contribution < -0.4 is 0 Å². The Hall–Kier alpha value is -2.15. The van der Waals surface area contributed by atoms with Crippen molar-refractivity contribution in [3.63, 3.8) is 0 Å². The van der Waals surface area contributed by atoms with Gasteiger partial charge in [0.15, 0.2) is 0 Å². The largest absolute Gasteiger partial charge is 0.257 e. The highest BCUT2D eigenvalue weighted by molar-refractivity contribution is 5.80. The Balaban J connectivity index is 2.06. The monoisotopic (exact) mass is 235 g/mol. The molecule has 0 saturated heterocycles. The fourth-order valence-electron chi connectivity index (χ4n) is 1.79. The summed E-state index contributed by atoms with van der Waals surface area (Å²) in [6.45, 7) is 4.18. The number of nitrogens with zero attached hydrogens (tertiary/aromatic N) is 1. The number of aryl methyl sites for hydroxylation is 2. The van der Waals surface area contributed by atoms with Crippen molar-refractivity contribution in [2.24, 2.45) is 4.99 Å². The van der Waals surface area contributed by atoms with E-state index in [0.29, 0.717) is 0 Å². The maximum atomic E-state index is 4.45. The molecule has 0 N–H and O–H groups in total. The maximum Gasteiger partial charge on any atom is 0.0658 e. The molecule has 0 radical (unpaired) electrons. The predicted molar refractivity (Wildman–Crippen MR) is 79.5 cm³/mol. The van der Waals surface area contributed by atoms with Gasteiger partial charge in [-0.25, -0.2) is 0 Å². The molecule has 0 fully saturated rings. The summed E-state index contributed by atoms with van der Waals surface area (Å²) in [6.07, 6.45) is 5.85. The molecule has 0 aliphatic heterocycles. The minimum Gasteiger partial charge on any atom is -0.257 e. The van der Waals surface area contributed by atoms with Crippen LogP contribution in [0.5, 0.6) is 0 Å². The standard InChI is InChI=1S/C17H17N/c1-14-10-11-17(15(2)13-14)18-12-6-9-16-7-4-3-5-8-16/h3-13H,1-2H3/b9-6-,18-12?. The van der Waals surface area contributed by atoms with Crippen LogP contribution in [0.2, 0.25) is 0 Å². The molecule has 18 heavy (non-hydrogen) atoms. The van der Waals surface area contributed by atoms with Crippen molar-refractivity contribution >= 4 is 18.0 Å². The molecule has 90 valence electrons. The first kappa shape index (κ1) is 12.3. The Morgan fingerprint density at radius 2 is 1.72 bits per heavy atom. The molecule has 2 aromatic rings. The first-order valence-corrected chi connectivity index (χ1v) is 6.09. The smallest absolute Gasteiger partial charge is 0.0658 e. The number of rotatable bonds is 3. The van der Waals surface area contributed by atoms with E-state index in [9.17, 15) is 0 Å². The molecule has 0 spiro atoms. The Kier molecular flexibility index (Phi) is 4.08. The Bertz CT molecular complexity index is 565. The molecule has 0 aromatic heterocycles. The molecule has 1 heteroatoms. The van der Waals surface area contributed by atoms with Gasteiger partial charge >= 0.3 is 0 Å². The van der Waals surface area contributed by atoms with Crippen LogP contribution in [0.1, 0.15) is 16.7 Å². The molecular weight excluding hydrogens is 218 g/mol. The average molecular weight is 235 g/mol. The summed E-state index contributed by atoms with van der Waals surface area (Å²) in [6, 6.07) is 16.5. The van der Waals surface area contributed by atoms with Gasteiger partial charge in [-0.2, -0.15) is 0 Å². The van der Waals surface area contributed by atoms with Crippen LogP contribution in [-0.2, 0) is 0 Å². The fraction of sp³-hybridized carbons (Fsp3) is 0.118. The quantitative estimate of drug-likeness (QED) is 0.683. The van der Waals surface area contributed by atoms with Crippen molar-refractivity contribution in [3.8, 4) is 0 Å². The van der Waals surface area contributed by atoms with E-state index in [2.05, 4.69) is 49.2 Å². The zero-order valence-corrected chi connectivity index (χ0v) is 10.8. The third kappa shape index (κ3) is 3.42. The van der Waals surface area contributed by atoms with E-state index in [-0.39, 0.29) is 0 Å². The van der Waals surface area contributed by atoms with Gasteiger partial charge in [-0.15, -0.1) is 0 Å². The summed E-state index contributed by atoms with van der Waals surface area (Å²) < 4.78 is 0. The highest BCUT2D eigenvalue weighted by atomic mass is 14.7. The minimum absolute atomic E-state index is 1.03. The van der Waals surface area contributed by atoms with E-state index in [0.717, 1.165) is 5.69 Å². The van der Waals surface area contributed by atoms with E-state index >= 15 is 0 Å². The molecule has 0 aliphatic rings. The van der Waals surface area contributed by atoms with Crippen molar-refractivity contribution in [2.75, 3.05) is 0 Å². The van der Waals surface area contributed by atoms with Crippen LogP contribution in [0.3, 0.4) is 0 Å². The molecule has 0 bridgehead atoms. The Morgan fingerprint density at radius 3 is 2.44 bits per heavy atom. The van der Waals surface area contributed by atoms with E-state index in [1.54, 1.807) is 0 Å². The van der Waals surface area contributed by atoms with Gasteiger partial charge in [-0.05, 0) is 37.1 Å². The third-order valence-electron chi connectivity index (χ3n) is 2.74. The SMILES string of the molecule is Cc1ccc(N=C/C=C\c2ccccc2)c(C)c1. The second kappa shape index (κ2) is 5.97. The molecule has 0 heterocycles. The lowest BCUT2D eigenvalue weighted by atomic mass is 10.1. The zero-order valence-electron chi connectivity index (χ0n) is 10.8. The molecule has 0 amide bonds. The van der Waals surface area contributed by atoms with Gasteiger partial charge in [0.2, 0.25) is 0 Å². The van der Waals surface area contributed by atoms with Gasteiger partial charge in [-0.3, -0.25) is 4.99 Å². The average Bonchev–Trinajstić information content (AvgIpc) is 2.38. The van der Waals surface area contributed by atoms with Crippen LogP contribution in [0, 0.1) is 13.8 Å². The number of aliphatic imine (C=N–C) groups is 1. The maximum absolute atomic E-state index is 4.45. The van der Waals surface area contributed by atoms with Gasteiger partial charge in [0.1, 0.15) is 0 Å². The van der Waals surface area contributed by atoms with Crippen molar-refractivity contribution in [1.29, 1.82) is 0 Å². The highest BCUT2D eigenvalue weighted by Crippen LogP contribution is 2.18. The lowest BCUT2D eigenvalue weighted by Gasteiger charge is -1.99. The Labute approximate surface area is 109 Å². The van der Waals surface area contributed by atoms with Crippen LogP contribution in [-0.4, -0.2) is 6.21 Å². The van der Waals surface area contributed by atoms with Gasteiger partial charge in [0.05, 0.1) is 5.69 Å². The van der Waals surface area contributed by atoms with Crippen molar-refractivity contribution in [3.05, 3.63) is 71.3 Å². The Morgan fingerprint density at radius 1 is 0.944 bits per heavy atom. The minimum atomic E-state index is 1.03. The summed E-state index contributed by atoms with van der Waals surface area (Å²) in [5, 5.41) is 0. The van der Waals surface area contributed by atoms with Crippen LogP contribution in [0.4, 0.5) is 5.69 Å². The molecule has 1 nitrogen and oxygen atoms in total. The first-order chi connectivity index (χ1) is 8.75. The second-order valence-corrected chi connectivity index (χ2v) is 4.34. The van der Waals surface area contributed by atoms with Gasteiger partial charge in [0.25, 0.3) is 0 Å². The summed E-state index contributed by atoms with van der Waals surface area (Å²) in [5.74, 6) is 0. The highest BCUT2D eigenvalue weighted by Gasteiger charge is 1.93. The van der Waals surface area contributed by atoms with Gasteiger partial charge in [0, 0.05) is 6.21 Å². The third-order valence-corrected chi connectivity index (χ3v) is 2.74. The zero-order chi connectivity index (χ0) is 12.8. The van der Waals surface area contributed by atoms with E-state index < -0.39 is 0 Å². The van der Waals surface area contributed by atoms with E-state index in [4.69, 9.17) is 0 Å². The van der Waals surface area contributed by atoms with Crippen molar-refractivity contribution in [2.45, 2.75) is 13.8 Å². The van der Waals surface area contributed by atoms with Crippen LogP contribution >= 0.6 is 0 Å². The molecular formula is C17H17N. The summed E-state index contributed by atoms with van der Waals surface area (Å²) >= 11 is 0. The lowest BCUT2D eigenvalue weighted by Crippen LogP contribution is -1.77. The molecule has 0 aliphatic carbocycles. The fourth-order valence-corrected chi connectivity index (χ4v) is 1.79. The van der Waals surface area contributed by atoms with Crippen LogP contribution in [0.15, 0.2) is 59.6 Å². The molecule has 0 atom stereocenters. The van der Waals surface area contributed by atoms with E-state index in [1.807, 2.05) is 36.6 Å². The summed E-state index contributed by atoms with van der Waals surface area (Å²) in [5.41, 5.74) is 4.69. The van der Waals surface area contributed by atoms with Crippen LogP contribution in [0.25, 0.3) is 6.08 Å². The first-order valence-electron chi connectivity index (χ1n) is 6.09. The number of hydrogen-bond acceptors (Lipinski definition) is 1. The lowest BCUT2D eigenvalue weighted by molar-refractivity contribution is 1.35. The van der Waals surface area contributed by atoms with Crippen molar-refractivity contribution < 1.29 is 0 Å². The van der Waals surface area contributed by atoms with Gasteiger partial charge in [-0.1, -0.05) is 54.1 Å². The number of hydrogen-bond donors (Lipinski definition) is 0. The van der Waals surface area contributed by atoms with Gasteiger partial charge < -0.3 is 0 Å². The van der Waals surface area contributed by atoms with Crippen molar-refractivity contribution in [1.82, 2.24) is 0 Å².